The van der Waals surface area contributed by atoms with Gasteiger partial charge in [0.1, 0.15) is 5.75 Å². The minimum atomic E-state index is -3.58. The molecule has 0 spiro atoms. The molecule has 1 atom stereocenters. The van der Waals surface area contributed by atoms with E-state index in [1.807, 2.05) is 6.92 Å². The first kappa shape index (κ1) is 19.8. The van der Waals surface area contributed by atoms with Gasteiger partial charge in [0.15, 0.2) is 17.6 Å². The Labute approximate surface area is 164 Å². The van der Waals surface area contributed by atoms with Crippen LogP contribution in [0.15, 0.2) is 36.4 Å². The Morgan fingerprint density at radius 1 is 1.14 bits per heavy atom. The van der Waals surface area contributed by atoms with E-state index < -0.39 is 22.0 Å². The fraction of sp³-hybridized carbons (Fsp3) is 0.316. The standard InChI is InChI=1S/C19H22N2O6S/c1-12-5-7-15-14(9-12)21(28(4,23)24)11-18(27-15)19(22)20-13-6-8-16(25-2)17(10-13)26-3/h5-10,18H,11H2,1-4H3,(H,20,22)/t18-/m0/s1. The molecule has 0 saturated carbocycles. The minimum Gasteiger partial charge on any atom is -0.493 e. The van der Waals surface area contributed by atoms with E-state index in [0.717, 1.165) is 11.8 Å². The SMILES string of the molecule is COc1ccc(NC(=O)[C@@H]2CN(S(C)(=O)=O)c3cc(C)ccc3O2)cc1OC. The number of amides is 1. The van der Waals surface area contributed by atoms with Crippen molar-refractivity contribution in [2.45, 2.75) is 13.0 Å². The number of methoxy groups -OCH3 is 2. The molecule has 0 aromatic heterocycles. The number of sulfonamides is 1. The lowest BCUT2D eigenvalue weighted by Crippen LogP contribution is -2.48. The zero-order valence-electron chi connectivity index (χ0n) is 16.1. The molecule has 0 aliphatic carbocycles. The quantitative estimate of drug-likeness (QED) is 0.818. The zero-order chi connectivity index (χ0) is 20.5. The molecule has 150 valence electrons. The van der Waals surface area contributed by atoms with Crippen molar-refractivity contribution in [2.24, 2.45) is 0 Å². The molecular weight excluding hydrogens is 384 g/mol. The first-order valence-electron chi connectivity index (χ1n) is 8.51. The third-order valence-corrected chi connectivity index (χ3v) is 5.47. The summed E-state index contributed by atoms with van der Waals surface area (Å²) in [6.45, 7) is 1.74. The van der Waals surface area contributed by atoms with Crippen LogP contribution in [0.2, 0.25) is 0 Å². The number of carbonyl (C=O) groups is 1. The van der Waals surface area contributed by atoms with Gasteiger partial charge in [0.05, 0.1) is 32.7 Å². The maximum absolute atomic E-state index is 12.7. The molecule has 0 bridgehead atoms. The third-order valence-electron chi connectivity index (χ3n) is 4.33. The number of benzene rings is 2. The van der Waals surface area contributed by atoms with Gasteiger partial charge in [0.25, 0.3) is 5.91 Å². The molecule has 1 aliphatic rings. The summed E-state index contributed by atoms with van der Waals surface area (Å²) in [6, 6.07) is 10.1. The summed E-state index contributed by atoms with van der Waals surface area (Å²) in [5.74, 6) is 0.868. The number of anilines is 2. The van der Waals surface area contributed by atoms with Crippen LogP contribution in [-0.4, -0.2) is 47.4 Å². The molecule has 0 radical (unpaired) electrons. The van der Waals surface area contributed by atoms with Crippen LogP contribution in [0.1, 0.15) is 5.56 Å². The van der Waals surface area contributed by atoms with Crippen LogP contribution in [-0.2, 0) is 14.8 Å². The predicted molar refractivity (Wildman–Crippen MR) is 106 cm³/mol. The van der Waals surface area contributed by atoms with Gasteiger partial charge in [0.2, 0.25) is 10.0 Å². The molecule has 0 fully saturated rings. The van der Waals surface area contributed by atoms with E-state index in [9.17, 15) is 13.2 Å². The maximum atomic E-state index is 12.7. The number of hydrogen-bond acceptors (Lipinski definition) is 6. The Kier molecular flexibility index (Phi) is 5.37. The second-order valence-electron chi connectivity index (χ2n) is 6.43. The average Bonchev–Trinajstić information content (AvgIpc) is 2.66. The topological polar surface area (TPSA) is 94.2 Å². The largest absolute Gasteiger partial charge is 0.493 e. The fourth-order valence-corrected chi connectivity index (χ4v) is 3.85. The molecule has 9 heteroatoms. The van der Waals surface area contributed by atoms with E-state index in [-0.39, 0.29) is 6.54 Å². The first-order valence-corrected chi connectivity index (χ1v) is 10.4. The van der Waals surface area contributed by atoms with E-state index >= 15 is 0 Å². The number of nitrogens with zero attached hydrogens (tertiary/aromatic N) is 1. The van der Waals surface area contributed by atoms with Gasteiger partial charge in [-0.05, 0) is 36.8 Å². The van der Waals surface area contributed by atoms with Crippen molar-refractivity contribution in [1.82, 2.24) is 0 Å². The summed E-state index contributed by atoms with van der Waals surface area (Å²) in [5.41, 5.74) is 1.80. The first-order chi connectivity index (χ1) is 13.2. The lowest BCUT2D eigenvalue weighted by Gasteiger charge is -2.34. The molecule has 1 aliphatic heterocycles. The smallest absolute Gasteiger partial charge is 0.267 e. The number of rotatable bonds is 5. The van der Waals surface area contributed by atoms with Crippen LogP contribution < -0.4 is 23.8 Å². The molecule has 2 aromatic rings. The summed E-state index contributed by atoms with van der Waals surface area (Å²) < 4.78 is 41.9. The summed E-state index contributed by atoms with van der Waals surface area (Å²) in [5, 5.41) is 2.73. The van der Waals surface area contributed by atoms with Gasteiger partial charge in [0, 0.05) is 11.8 Å². The number of aryl methyl sites for hydroxylation is 1. The van der Waals surface area contributed by atoms with Crippen LogP contribution in [0.5, 0.6) is 17.2 Å². The second kappa shape index (κ2) is 7.59. The van der Waals surface area contributed by atoms with Crippen molar-refractivity contribution >= 4 is 27.3 Å². The fourth-order valence-electron chi connectivity index (χ4n) is 2.95. The third kappa shape index (κ3) is 3.99. The normalized spacial score (nSPS) is 16.0. The van der Waals surface area contributed by atoms with E-state index in [1.165, 1.54) is 18.5 Å². The predicted octanol–water partition coefficient (Wildman–Crippen LogP) is 2.18. The molecule has 8 nitrogen and oxygen atoms in total. The lowest BCUT2D eigenvalue weighted by molar-refractivity contribution is -0.122. The average molecular weight is 406 g/mol. The summed E-state index contributed by atoms with van der Waals surface area (Å²) in [4.78, 5) is 12.7. The molecule has 3 rings (SSSR count). The van der Waals surface area contributed by atoms with Crippen LogP contribution in [0.4, 0.5) is 11.4 Å². The molecule has 2 aromatic carbocycles. The number of ether oxygens (including phenoxy) is 3. The van der Waals surface area contributed by atoms with Crippen LogP contribution in [0, 0.1) is 6.92 Å². The molecule has 1 heterocycles. The highest BCUT2D eigenvalue weighted by Gasteiger charge is 2.35. The van der Waals surface area contributed by atoms with Crippen LogP contribution >= 0.6 is 0 Å². The van der Waals surface area contributed by atoms with Crippen molar-refractivity contribution in [3.63, 3.8) is 0 Å². The Bertz CT molecular complexity index is 1010. The van der Waals surface area contributed by atoms with Gasteiger partial charge in [-0.3, -0.25) is 9.10 Å². The van der Waals surface area contributed by atoms with Gasteiger partial charge in [-0.15, -0.1) is 0 Å². The summed E-state index contributed by atoms with van der Waals surface area (Å²) in [6.07, 6.45) is 0.103. The van der Waals surface area contributed by atoms with Crippen molar-refractivity contribution in [3.05, 3.63) is 42.0 Å². The second-order valence-corrected chi connectivity index (χ2v) is 8.34. The molecule has 28 heavy (non-hydrogen) atoms. The van der Waals surface area contributed by atoms with Crippen molar-refractivity contribution in [3.8, 4) is 17.2 Å². The highest BCUT2D eigenvalue weighted by atomic mass is 32.2. The number of fused-ring (bicyclic) bond motifs is 1. The van der Waals surface area contributed by atoms with Crippen molar-refractivity contribution in [1.29, 1.82) is 0 Å². The van der Waals surface area contributed by atoms with Gasteiger partial charge < -0.3 is 19.5 Å². The number of hydrogen-bond donors (Lipinski definition) is 1. The molecule has 1 amide bonds. The molecule has 1 N–H and O–H groups in total. The minimum absolute atomic E-state index is 0.117. The number of carbonyl (C=O) groups excluding carboxylic acids is 1. The van der Waals surface area contributed by atoms with Gasteiger partial charge in [-0.1, -0.05) is 6.07 Å². The van der Waals surface area contributed by atoms with E-state index in [0.29, 0.717) is 28.6 Å². The van der Waals surface area contributed by atoms with Gasteiger partial charge >= 0.3 is 0 Å². The Hall–Kier alpha value is -2.94. The Morgan fingerprint density at radius 3 is 2.50 bits per heavy atom. The molecule has 0 saturated heterocycles. The van der Waals surface area contributed by atoms with E-state index in [2.05, 4.69) is 5.32 Å². The molecular formula is C19H22N2O6S. The summed E-state index contributed by atoms with van der Waals surface area (Å²) in [7, 11) is -0.563. The van der Waals surface area contributed by atoms with E-state index in [1.54, 1.807) is 36.4 Å². The van der Waals surface area contributed by atoms with Crippen molar-refractivity contribution < 1.29 is 27.4 Å². The highest BCUT2D eigenvalue weighted by molar-refractivity contribution is 7.92. The molecule has 0 unspecified atom stereocenters. The van der Waals surface area contributed by atoms with Gasteiger partial charge in [-0.25, -0.2) is 8.42 Å². The lowest BCUT2D eigenvalue weighted by atomic mass is 10.1. The monoisotopic (exact) mass is 406 g/mol. The van der Waals surface area contributed by atoms with Crippen LogP contribution in [0.25, 0.3) is 0 Å². The zero-order valence-corrected chi connectivity index (χ0v) is 16.9. The van der Waals surface area contributed by atoms with Gasteiger partial charge in [-0.2, -0.15) is 0 Å². The van der Waals surface area contributed by atoms with Crippen molar-refractivity contribution in [2.75, 3.05) is 36.6 Å². The maximum Gasteiger partial charge on any atom is 0.267 e. The highest BCUT2D eigenvalue weighted by Crippen LogP contribution is 2.36. The van der Waals surface area contributed by atoms with E-state index in [4.69, 9.17) is 14.2 Å². The Balaban J connectivity index is 1.86. The van der Waals surface area contributed by atoms with Crippen LogP contribution in [0.3, 0.4) is 0 Å². The number of nitrogens with one attached hydrogen (secondary N) is 1. The Morgan fingerprint density at radius 2 is 1.86 bits per heavy atom. The summed E-state index contributed by atoms with van der Waals surface area (Å²) >= 11 is 0.